The number of amides is 2. The molecule has 0 saturated carbocycles. The lowest BCUT2D eigenvalue weighted by atomic mass is 10.1. The van der Waals surface area contributed by atoms with Gasteiger partial charge in [0.2, 0.25) is 11.8 Å². The molecule has 0 saturated heterocycles. The van der Waals surface area contributed by atoms with Gasteiger partial charge in [-0.2, -0.15) is 0 Å². The molecule has 0 unspecified atom stereocenters. The Morgan fingerprint density at radius 3 is 2.56 bits per heavy atom. The van der Waals surface area contributed by atoms with Crippen LogP contribution in [0.1, 0.15) is 10.4 Å². The first-order valence-corrected chi connectivity index (χ1v) is 10.9. The predicted molar refractivity (Wildman–Crippen MR) is 128 cm³/mol. The highest BCUT2D eigenvalue weighted by Crippen LogP contribution is 2.30. The van der Waals surface area contributed by atoms with Gasteiger partial charge in [-0.1, -0.05) is 35.9 Å². The Morgan fingerprint density at radius 2 is 1.84 bits per heavy atom. The third kappa shape index (κ3) is 7.08. The molecule has 0 spiro atoms. The molecule has 164 valence electrons. The van der Waals surface area contributed by atoms with Gasteiger partial charge in [-0.05, 0) is 53.6 Å². The molecule has 0 fully saturated rings. The van der Waals surface area contributed by atoms with Crippen molar-refractivity contribution < 1.29 is 19.1 Å². The van der Waals surface area contributed by atoms with E-state index in [1.54, 1.807) is 41.7 Å². The fourth-order valence-electron chi connectivity index (χ4n) is 2.78. The summed E-state index contributed by atoms with van der Waals surface area (Å²) in [5.74, 6) is -1.05. The van der Waals surface area contributed by atoms with Crippen molar-refractivity contribution in [1.29, 1.82) is 0 Å². The zero-order valence-corrected chi connectivity index (χ0v) is 18.8. The van der Waals surface area contributed by atoms with Crippen molar-refractivity contribution in [3.8, 4) is 10.4 Å². The molecule has 0 aliphatic carbocycles. The number of thiophene rings is 1. The van der Waals surface area contributed by atoms with E-state index in [0.717, 1.165) is 20.9 Å². The van der Waals surface area contributed by atoms with Gasteiger partial charge < -0.3 is 15.4 Å². The van der Waals surface area contributed by atoms with Crippen LogP contribution in [0.15, 0.2) is 66.7 Å². The van der Waals surface area contributed by atoms with Gasteiger partial charge in [0.1, 0.15) is 6.54 Å². The molecule has 0 aliphatic heterocycles. The number of nitrogens with one attached hydrogen (secondary N) is 2. The van der Waals surface area contributed by atoms with E-state index in [1.807, 2.05) is 36.4 Å². The standard InChI is InChI=1S/C24H21ClN2O4S/c1-31-24(30)15-26-23(29)13-16-5-7-19(8-6-16)27-22(28)12-10-20-9-11-21(32-20)17-3-2-4-18(25)14-17/h2-12,14H,13,15H2,1H3,(H,26,29)(H,27,28)/b12-10+. The Labute approximate surface area is 194 Å². The van der Waals surface area contributed by atoms with Gasteiger partial charge in [0.15, 0.2) is 0 Å². The zero-order valence-electron chi connectivity index (χ0n) is 17.3. The molecule has 2 N–H and O–H groups in total. The number of carbonyl (C=O) groups excluding carboxylic acids is 3. The minimum Gasteiger partial charge on any atom is -0.468 e. The van der Waals surface area contributed by atoms with E-state index >= 15 is 0 Å². The quantitative estimate of drug-likeness (QED) is 0.375. The summed E-state index contributed by atoms with van der Waals surface area (Å²) in [6, 6.07) is 18.5. The van der Waals surface area contributed by atoms with Crippen LogP contribution in [0, 0.1) is 0 Å². The highest BCUT2D eigenvalue weighted by atomic mass is 35.5. The largest absolute Gasteiger partial charge is 0.468 e. The third-order valence-electron chi connectivity index (χ3n) is 4.38. The van der Waals surface area contributed by atoms with Gasteiger partial charge in [-0.3, -0.25) is 14.4 Å². The summed E-state index contributed by atoms with van der Waals surface area (Å²) in [4.78, 5) is 37.1. The lowest BCUT2D eigenvalue weighted by Gasteiger charge is -2.06. The molecule has 3 aromatic rings. The molecule has 6 nitrogen and oxygen atoms in total. The number of benzene rings is 2. The van der Waals surface area contributed by atoms with Gasteiger partial charge in [-0.15, -0.1) is 11.3 Å². The van der Waals surface area contributed by atoms with E-state index in [0.29, 0.717) is 10.7 Å². The first kappa shape index (κ1) is 23.2. The maximum Gasteiger partial charge on any atom is 0.325 e. The number of carbonyl (C=O) groups is 3. The minimum atomic E-state index is -0.507. The predicted octanol–water partition coefficient (Wildman–Crippen LogP) is 4.55. The van der Waals surface area contributed by atoms with Crippen LogP contribution >= 0.6 is 22.9 Å². The maximum absolute atomic E-state index is 12.2. The number of esters is 1. The highest BCUT2D eigenvalue weighted by Gasteiger charge is 2.07. The van der Waals surface area contributed by atoms with Crippen LogP contribution < -0.4 is 10.6 Å². The molecule has 32 heavy (non-hydrogen) atoms. The number of methoxy groups -OCH3 is 1. The summed E-state index contributed by atoms with van der Waals surface area (Å²) >= 11 is 7.61. The molecule has 0 atom stereocenters. The monoisotopic (exact) mass is 468 g/mol. The molecular formula is C24H21ClN2O4S. The molecule has 0 aliphatic rings. The number of halogens is 1. The average molecular weight is 469 g/mol. The maximum atomic E-state index is 12.2. The number of anilines is 1. The average Bonchev–Trinajstić information content (AvgIpc) is 3.26. The van der Waals surface area contributed by atoms with Crippen LogP contribution in [-0.2, 0) is 25.5 Å². The van der Waals surface area contributed by atoms with Crippen molar-refractivity contribution >= 4 is 52.5 Å². The van der Waals surface area contributed by atoms with Crippen molar-refractivity contribution in [3.05, 3.63) is 82.2 Å². The van der Waals surface area contributed by atoms with Crippen LogP contribution in [-0.4, -0.2) is 31.4 Å². The smallest absolute Gasteiger partial charge is 0.325 e. The van der Waals surface area contributed by atoms with E-state index in [2.05, 4.69) is 15.4 Å². The lowest BCUT2D eigenvalue weighted by molar-refractivity contribution is -0.141. The Hall–Kier alpha value is -3.42. The Bertz CT molecular complexity index is 1140. The molecule has 0 radical (unpaired) electrons. The number of hydrogen-bond donors (Lipinski definition) is 2. The molecule has 3 rings (SSSR count). The lowest BCUT2D eigenvalue weighted by Crippen LogP contribution is -2.31. The molecule has 8 heteroatoms. The van der Waals surface area contributed by atoms with Gasteiger partial charge in [0.25, 0.3) is 0 Å². The van der Waals surface area contributed by atoms with E-state index in [1.165, 1.54) is 13.2 Å². The van der Waals surface area contributed by atoms with Crippen LogP contribution in [0.4, 0.5) is 5.69 Å². The zero-order chi connectivity index (χ0) is 22.9. The molecule has 2 aromatic carbocycles. The van der Waals surface area contributed by atoms with Crippen molar-refractivity contribution in [2.24, 2.45) is 0 Å². The van der Waals surface area contributed by atoms with Gasteiger partial charge in [-0.25, -0.2) is 0 Å². The summed E-state index contributed by atoms with van der Waals surface area (Å²) in [5, 5.41) is 5.94. The Kier molecular flexibility index (Phi) is 8.19. The van der Waals surface area contributed by atoms with Gasteiger partial charge in [0, 0.05) is 26.5 Å². The third-order valence-corrected chi connectivity index (χ3v) is 5.71. The van der Waals surface area contributed by atoms with E-state index in [4.69, 9.17) is 11.6 Å². The van der Waals surface area contributed by atoms with Crippen molar-refractivity contribution in [2.45, 2.75) is 6.42 Å². The van der Waals surface area contributed by atoms with Crippen LogP contribution in [0.25, 0.3) is 16.5 Å². The topological polar surface area (TPSA) is 84.5 Å². The molecular weight excluding hydrogens is 448 g/mol. The van der Waals surface area contributed by atoms with Crippen LogP contribution in [0.3, 0.4) is 0 Å². The van der Waals surface area contributed by atoms with Gasteiger partial charge in [0.05, 0.1) is 13.5 Å². The summed E-state index contributed by atoms with van der Waals surface area (Å²) in [6.07, 6.45) is 3.36. The fraction of sp³-hybridized carbons (Fsp3) is 0.125. The van der Waals surface area contributed by atoms with Gasteiger partial charge >= 0.3 is 5.97 Å². The Balaban J connectivity index is 1.51. The second kappa shape index (κ2) is 11.3. The normalized spacial score (nSPS) is 10.7. The summed E-state index contributed by atoms with van der Waals surface area (Å²) in [7, 11) is 1.26. The molecule has 0 bridgehead atoms. The first-order chi connectivity index (χ1) is 15.4. The van der Waals surface area contributed by atoms with Crippen molar-refractivity contribution in [1.82, 2.24) is 5.32 Å². The van der Waals surface area contributed by atoms with E-state index in [-0.39, 0.29) is 24.8 Å². The summed E-state index contributed by atoms with van der Waals surface area (Å²) < 4.78 is 4.47. The van der Waals surface area contributed by atoms with Crippen molar-refractivity contribution in [3.63, 3.8) is 0 Å². The van der Waals surface area contributed by atoms with Crippen molar-refractivity contribution in [2.75, 3.05) is 19.0 Å². The Morgan fingerprint density at radius 1 is 1.06 bits per heavy atom. The van der Waals surface area contributed by atoms with Crippen LogP contribution in [0.5, 0.6) is 0 Å². The van der Waals surface area contributed by atoms with E-state index < -0.39 is 5.97 Å². The second-order valence-corrected chi connectivity index (χ2v) is 8.31. The number of ether oxygens (including phenoxy) is 1. The second-order valence-electron chi connectivity index (χ2n) is 6.76. The van der Waals surface area contributed by atoms with E-state index in [9.17, 15) is 14.4 Å². The summed E-state index contributed by atoms with van der Waals surface area (Å²) in [6.45, 7) is -0.166. The molecule has 1 heterocycles. The highest BCUT2D eigenvalue weighted by molar-refractivity contribution is 7.16. The molecule has 1 aromatic heterocycles. The number of rotatable bonds is 8. The fourth-order valence-corrected chi connectivity index (χ4v) is 3.88. The molecule has 2 amide bonds. The first-order valence-electron chi connectivity index (χ1n) is 9.70. The van der Waals surface area contributed by atoms with Crippen LogP contribution in [0.2, 0.25) is 5.02 Å². The minimum absolute atomic E-state index is 0.123. The SMILES string of the molecule is COC(=O)CNC(=O)Cc1ccc(NC(=O)/C=C/c2ccc(-c3cccc(Cl)c3)s2)cc1. The number of hydrogen-bond acceptors (Lipinski definition) is 5. The summed E-state index contributed by atoms with van der Waals surface area (Å²) in [5.41, 5.74) is 2.41.